The number of fused-ring (bicyclic) bond motifs is 8. The molecule has 4 atom stereocenters. The highest BCUT2D eigenvalue weighted by molar-refractivity contribution is 7.53. The van der Waals surface area contributed by atoms with Crippen molar-refractivity contribution >= 4 is 30.4 Å². The number of hydrogen-bond donors (Lipinski definition) is 4. The van der Waals surface area contributed by atoms with Crippen LogP contribution in [-0.4, -0.2) is 97.1 Å². The maximum Gasteiger partial charge on any atom is 0.328 e. The Hall–Kier alpha value is -3.32. The molecule has 20 heteroatoms. The minimum Gasteiger partial charge on any atom is -0.493 e. The Bertz CT molecular complexity index is 2550. The molecule has 5 rings (SSSR count). The van der Waals surface area contributed by atoms with Gasteiger partial charge in [-0.25, -0.2) is 0 Å². The molecule has 0 aliphatic heterocycles. The van der Waals surface area contributed by atoms with Gasteiger partial charge in [0.1, 0.15) is 23.0 Å². The van der Waals surface area contributed by atoms with Crippen LogP contribution in [0.25, 0.3) is 0 Å². The molecule has 0 radical (unpaired) electrons. The maximum absolute atomic E-state index is 13.1. The van der Waals surface area contributed by atoms with Gasteiger partial charge in [0.05, 0.1) is 77.5 Å². The van der Waals surface area contributed by atoms with E-state index in [0.717, 1.165) is 66.8 Å². The van der Waals surface area contributed by atoms with E-state index in [-0.39, 0.29) is 125 Å². The summed E-state index contributed by atoms with van der Waals surface area (Å²) < 4.78 is 101. The van der Waals surface area contributed by atoms with Crippen molar-refractivity contribution in [2.75, 3.05) is 77.5 Å². The minimum atomic E-state index is -3.89. The molecule has 4 unspecified atom stereocenters. The Morgan fingerprint density at radius 3 is 0.607 bits per heavy atom. The van der Waals surface area contributed by atoms with E-state index in [9.17, 15) is 37.8 Å². The molecule has 1 aliphatic carbocycles. The van der Waals surface area contributed by atoms with Gasteiger partial charge in [0, 0.05) is 25.7 Å². The predicted molar refractivity (Wildman–Crippen MR) is 338 cm³/mol. The Morgan fingerprint density at radius 2 is 0.476 bits per heavy atom. The van der Waals surface area contributed by atoms with Gasteiger partial charge >= 0.3 is 30.4 Å². The van der Waals surface area contributed by atoms with Crippen molar-refractivity contribution in [3.8, 4) is 23.0 Å². The lowest BCUT2D eigenvalue weighted by Gasteiger charge is -2.29. The second-order valence-corrected chi connectivity index (χ2v) is 34.0. The third kappa shape index (κ3) is 21.5. The van der Waals surface area contributed by atoms with E-state index in [0.29, 0.717) is 48.7 Å². The SMILES string of the molecule is CCOP(=O)(O)CCCOc1c2cc(C(C)(C)C)cc1Cc1cc(C(C)(C)C)cc(c1OCCCP(=O)(O)OCC)Cc1cc(C(C)(C)C)cc(c1OCCCP(=O)(O)OCC)Cc1cc(C(C)(C)C)cc(c1OCCCP(=O)(O)OCC)C2. The van der Waals surface area contributed by atoms with Crippen molar-refractivity contribution in [2.24, 2.45) is 0 Å². The van der Waals surface area contributed by atoms with Gasteiger partial charge in [0.2, 0.25) is 0 Å². The second-order valence-electron chi connectivity index (χ2n) is 26.1. The molecule has 4 aromatic carbocycles. The molecule has 16 nitrogen and oxygen atoms in total. The normalized spacial score (nSPS) is 16.2. The summed E-state index contributed by atoms with van der Waals surface area (Å²) in [5.41, 5.74) is 9.46. The molecule has 1 aliphatic rings. The fourth-order valence-corrected chi connectivity index (χ4v) is 14.4. The molecule has 0 spiro atoms. The molecule has 472 valence electrons. The van der Waals surface area contributed by atoms with E-state index in [4.69, 9.17) is 37.0 Å². The zero-order valence-electron chi connectivity index (χ0n) is 53.2. The topological polar surface area (TPSA) is 223 Å². The fourth-order valence-electron chi connectivity index (χ4n) is 10.2. The van der Waals surface area contributed by atoms with Crippen molar-refractivity contribution < 1.29 is 74.9 Å². The van der Waals surface area contributed by atoms with Gasteiger partial charge in [-0.2, -0.15) is 0 Å². The van der Waals surface area contributed by atoms with Gasteiger partial charge in [-0.05, 0) is 142 Å². The average Bonchev–Trinajstić information content (AvgIpc) is 1.33. The number of hydrogen-bond acceptors (Lipinski definition) is 12. The standard InChI is InChI=1S/C64H100O16P4/c1-17-77-81(65,66)29-21-25-73-57-45-33-47-39-54(62(8,9)10)41-49(58(47)74-26-22-30-82(67,68)78-18-2)35-51-43-56(64(14,15)16)44-52(60(51)76-28-24-32-84(71,72)80-20-4)36-50-42-55(63(11,12)13)40-48(34-46(57)38-53(37-45)61(5,6)7)59(50)75-27-23-31-83(69,70)79-19-3/h37-44H,17-36H2,1-16H3,(H,65,66)(H,67,68)(H,69,70)(H,71,72). The molecule has 0 aromatic heterocycles. The first-order chi connectivity index (χ1) is 38.9. The largest absolute Gasteiger partial charge is 0.493 e. The van der Waals surface area contributed by atoms with E-state index in [2.05, 4.69) is 132 Å². The van der Waals surface area contributed by atoms with Gasteiger partial charge in [-0.15, -0.1) is 0 Å². The van der Waals surface area contributed by atoms with Crippen molar-refractivity contribution in [2.45, 2.75) is 184 Å². The van der Waals surface area contributed by atoms with Crippen LogP contribution in [0.4, 0.5) is 0 Å². The molecule has 4 N–H and O–H groups in total. The first kappa shape index (κ1) is 71.4. The lowest BCUT2D eigenvalue weighted by atomic mass is 9.79. The van der Waals surface area contributed by atoms with Gasteiger partial charge in [0.15, 0.2) is 0 Å². The van der Waals surface area contributed by atoms with Crippen LogP contribution in [0.15, 0.2) is 48.5 Å². The van der Waals surface area contributed by atoms with Gasteiger partial charge in [-0.3, -0.25) is 18.3 Å². The monoisotopic (exact) mass is 1250 g/mol. The highest BCUT2D eigenvalue weighted by Gasteiger charge is 2.31. The molecule has 4 aromatic rings. The quantitative estimate of drug-likeness (QED) is 0.0270. The highest BCUT2D eigenvalue weighted by Crippen LogP contribution is 2.48. The minimum absolute atomic E-state index is 0.0928. The molecule has 8 bridgehead atoms. The van der Waals surface area contributed by atoms with Crippen LogP contribution in [0.2, 0.25) is 0 Å². The Labute approximate surface area is 502 Å². The van der Waals surface area contributed by atoms with E-state index in [1.54, 1.807) is 27.7 Å². The smallest absolute Gasteiger partial charge is 0.328 e. The van der Waals surface area contributed by atoms with Crippen LogP contribution in [0, 0.1) is 0 Å². The molecule has 0 saturated carbocycles. The molecule has 0 heterocycles. The second kappa shape index (κ2) is 29.8. The van der Waals surface area contributed by atoms with Gasteiger partial charge in [-0.1, -0.05) is 132 Å². The lowest BCUT2D eigenvalue weighted by Crippen LogP contribution is -2.18. The summed E-state index contributed by atoms with van der Waals surface area (Å²) in [4.78, 5) is 42.8. The summed E-state index contributed by atoms with van der Waals surface area (Å²) in [6, 6.07) is 17.4. The summed E-state index contributed by atoms with van der Waals surface area (Å²) in [6.45, 7) is 33.5. The number of ether oxygens (including phenoxy) is 4. The summed E-state index contributed by atoms with van der Waals surface area (Å²) in [5, 5.41) is 0. The summed E-state index contributed by atoms with van der Waals surface area (Å²) >= 11 is 0. The molecule has 84 heavy (non-hydrogen) atoms. The first-order valence-corrected chi connectivity index (χ1v) is 37.0. The van der Waals surface area contributed by atoms with Crippen LogP contribution in [0.5, 0.6) is 23.0 Å². The van der Waals surface area contributed by atoms with E-state index in [1.165, 1.54) is 0 Å². The van der Waals surface area contributed by atoms with Crippen LogP contribution in [0.1, 0.15) is 203 Å². The van der Waals surface area contributed by atoms with E-state index < -0.39 is 30.4 Å². The van der Waals surface area contributed by atoms with Crippen LogP contribution in [-0.2, 0) is 83.7 Å². The van der Waals surface area contributed by atoms with E-state index in [1.807, 2.05) is 0 Å². The third-order valence-corrected chi connectivity index (χ3v) is 20.8. The zero-order valence-corrected chi connectivity index (χ0v) is 56.8. The Kier molecular flexibility index (Phi) is 25.3. The number of benzene rings is 4. The van der Waals surface area contributed by atoms with Crippen LogP contribution >= 0.6 is 30.4 Å². The third-order valence-electron chi connectivity index (χ3n) is 14.6. The lowest BCUT2D eigenvalue weighted by molar-refractivity contribution is 0.264. The first-order valence-electron chi connectivity index (χ1n) is 29.9. The predicted octanol–water partition coefficient (Wildman–Crippen LogP) is 15.5. The van der Waals surface area contributed by atoms with Crippen molar-refractivity contribution in [1.29, 1.82) is 0 Å². The van der Waals surface area contributed by atoms with E-state index >= 15 is 0 Å². The zero-order chi connectivity index (χ0) is 62.7. The average molecular weight is 1250 g/mol. The Balaban J connectivity index is 1.97. The highest BCUT2D eigenvalue weighted by atomic mass is 31.2. The summed E-state index contributed by atoms with van der Waals surface area (Å²) in [7, 11) is -15.6. The van der Waals surface area contributed by atoms with Crippen molar-refractivity contribution in [3.05, 3.63) is 115 Å². The van der Waals surface area contributed by atoms with Crippen LogP contribution in [0.3, 0.4) is 0 Å². The fraction of sp³-hybridized carbons (Fsp3) is 0.625. The van der Waals surface area contributed by atoms with Crippen molar-refractivity contribution in [3.63, 3.8) is 0 Å². The molecular formula is C64H100O16P4. The maximum atomic E-state index is 13.1. The molecule has 0 fully saturated rings. The summed E-state index contributed by atoms with van der Waals surface area (Å²) in [6.07, 6.45) is 1.69. The van der Waals surface area contributed by atoms with Gasteiger partial charge in [0.25, 0.3) is 0 Å². The molecular weight excluding hydrogens is 1150 g/mol. The molecule has 0 amide bonds. The number of rotatable bonds is 28. The van der Waals surface area contributed by atoms with Crippen LogP contribution < -0.4 is 18.9 Å². The molecule has 0 saturated heterocycles. The van der Waals surface area contributed by atoms with Crippen molar-refractivity contribution in [1.82, 2.24) is 0 Å². The summed E-state index contributed by atoms with van der Waals surface area (Å²) in [5.74, 6) is 2.41. The Morgan fingerprint density at radius 1 is 0.321 bits per heavy atom. The van der Waals surface area contributed by atoms with Gasteiger partial charge < -0.3 is 56.6 Å².